The van der Waals surface area contributed by atoms with Crippen LogP contribution in [0.5, 0.6) is 0 Å². The van der Waals surface area contributed by atoms with Crippen LogP contribution in [0, 0.1) is 0 Å². The molecule has 0 fully saturated rings. The van der Waals surface area contributed by atoms with E-state index in [4.69, 9.17) is 10.5 Å². The SMILES string of the molecule is CC(C)OCC(=O)NNC(N)=S. The summed E-state index contributed by atoms with van der Waals surface area (Å²) in [5, 5.41) is 0.0212. The lowest BCUT2D eigenvalue weighted by Crippen LogP contribution is -2.45. The van der Waals surface area contributed by atoms with Crippen molar-refractivity contribution in [1.82, 2.24) is 10.9 Å². The van der Waals surface area contributed by atoms with Crippen LogP contribution in [0.15, 0.2) is 0 Å². The van der Waals surface area contributed by atoms with Crippen LogP contribution in [-0.4, -0.2) is 23.7 Å². The van der Waals surface area contributed by atoms with Gasteiger partial charge in [0, 0.05) is 0 Å². The molecular formula is C6H13N3O2S. The minimum absolute atomic E-state index is 0.00667. The van der Waals surface area contributed by atoms with E-state index in [-0.39, 0.29) is 23.7 Å². The normalized spacial score (nSPS) is 9.58. The molecule has 0 unspecified atom stereocenters. The van der Waals surface area contributed by atoms with Crippen molar-refractivity contribution in [2.75, 3.05) is 6.61 Å². The third-order valence-electron chi connectivity index (χ3n) is 0.873. The van der Waals surface area contributed by atoms with E-state index in [2.05, 4.69) is 23.1 Å². The number of ether oxygens (including phenoxy) is 1. The lowest BCUT2D eigenvalue weighted by molar-refractivity contribution is -0.127. The summed E-state index contributed by atoms with van der Waals surface area (Å²) in [6.45, 7) is 3.68. The lowest BCUT2D eigenvalue weighted by atomic mass is 10.5. The van der Waals surface area contributed by atoms with Crippen LogP contribution in [0.4, 0.5) is 0 Å². The van der Waals surface area contributed by atoms with E-state index in [0.717, 1.165) is 0 Å². The van der Waals surface area contributed by atoms with Gasteiger partial charge < -0.3 is 10.5 Å². The third kappa shape index (κ3) is 7.23. The van der Waals surface area contributed by atoms with Gasteiger partial charge in [0.05, 0.1) is 6.10 Å². The molecule has 0 atom stereocenters. The molecule has 0 rings (SSSR count). The molecule has 0 saturated carbocycles. The van der Waals surface area contributed by atoms with Gasteiger partial charge in [-0.25, -0.2) is 0 Å². The first-order chi connectivity index (χ1) is 5.52. The quantitative estimate of drug-likeness (QED) is 0.405. The van der Waals surface area contributed by atoms with E-state index >= 15 is 0 Å². The second-order valence-corrected chi connectivity index (χ2v) is 2.84. The molecule has 4 N–H and O–H groups in total. The Morgan fingerprint density at radius 2 is 2.17 bits per heavy atom. The first kappa shape index (κ1) is 11.1. The maximum atomic E-state index is 10.8. The average Bonchev–Trinajstić information content (AvgIpc) is 1.96. The number of hydrogen-bond acceptors (Lipinski definition) is 3. The highest BCUT2D eigenvalue weighted by molar-refractivity contribution is 7.80. The van der Waals surface area contributed by atoms with Gasteiger partial charge in [-0.3, -0.25) is 15.6 Å². The number of hydrogen-bond donors (Lipinski definition) is 3. The number of rotatable bonds is 3. The van der Waals surface area contributed by atoms with Crippen LogP contribution in [0.25, 0.3) is 0 Å². The first-order valence-electron chi connectivity index (χ1n) is 3.48. The average molecular weight is 191 g/mol. The Morgan fingerprint density at radius 3 is 2.58 bits per heavy atom. The van der Waals surface area contributed by atoms with Gasteiger partial charge in [-0.05, 0) is 26.1 Å². The molecule has 1 amide bonds. The fraction of sp³-hybridized carbons (Fsp3) is 0.667. The molecule has 0 aromatic rings. The van der Waals surface area contributed by atoms with Crippen molar-refractivity contribution in [2.45, 2.75) is 20.0 Å². The third-order valence-corrected chi connectivity index (χ3v) is 0.975. The highest BCUT2D eigenvalue weighted by Crippen LogP contribution is 1.85. The molecule has 5 nitrogen and oxygen atoms in total. The van der Waals surface area contributed by atoms with Crippen molar-refractivity contribution in [2.24, 2.45) is 5.73 Å². The zero-order valence-corrected chi connectivity index (χ0v) is 7.90. The Morgan fingerprint density at radius 1 is 1.58 bits per heavy atom. The lowest BCUT2D eigenvalue weighted by Gasteiger charge is -2.08. The van der Waals surface area contributed by atoms with Crippen LogP contribution in [0.1, 0.15) is 13.8 Å². The van der Waals surface area contributed by atoms with Crippen molar-refractivity contribution < 1.29 is 9.53 Å². The summed E-state index contributed by atoms with van der Waals surface area (Å²) in [5.41, 5.74) is 9.62. The number of carbonyl (C=O) groups excluding carboxylic acids is 1. The summed E-state index contributed by atoms with van der Waals surface area (Å²) in [6.07, 6.45) is 0.0283. The largest absolute Gasteiger partial charge is 0.375 e. The molecule has 70 valence electrons. The minimum Gasteiger partial charge on any atom is -0.375 e. The second-order valence-electron chi connectivity index (χ2n) is 2.40. The molecule has 0 saturated heterocycles. The summed E-state index contributed by atoms with van der Waals surface area (Å²) in [4.78, 5) is 10.8. The van der Waals surface area contributed by atoms with Crippen LogP contribution < -0.4 is 16.6 Å². The van der Waals surface area contributed by atoms with Gasteiger partial charge in [0.2, 0.25) is 0 Å². The number of hydrazine groups is 1. The van der Waals surface area contributed by atoms with E-state index < -0.39 is 0 Å². The molecule has 0 heterocycles. The molecule has 0 aliphatic carbocycles. The number of amides is 1. The molecule has 0 aromatic heterocycles. The fourth-order valence-corrected chi connectivity index (χ4v) is 0.461. The van der Waals surface area contributed by atoms with E-state index in [1.54, 1.807) is 0 Å². The molecule has 0 radical (unpaired) electrons. The van der Waals surface area contributed by atoms with Gasteiger partial charge in [-0.15, -0.1) is 0 Å². The smallest absolute Gasteiger partial charge is 0.264 e. The van der Waals surface area contributed by atoms with Gasteiger partial charge in [0.15, 0.2) is 5.11 Å². The summed E-state index contributed by atoms with van der Waals surface area (Å²) < 4.78 is 5.00. The van der Waals surface area contributed by atoms with Crippen molar-refractivity contribution in [3.05, 3.63) is 0 Å². The molecule has 6 heteroatoms. The molecule has 0 aliphatic rings. The van der Waals surface area contributed by atoms with Crippen LogP contribution in [0.3, 0.4) is 0 Å². The Kier molecular flexibility index (Phi) is 5.31. The first-order valence-corrected chi connectivity index (χ1v) is 3.89. The topological polar surface area (TPSA) is 76.4 Å². The minimum atomic E-state index is -0.309. The maximum Gasteiger partial charge on any atom is 0.264 e. The van der Waals surface area contributed by atoms with Gasteiger partial charge >= 0.3 is 0 Å². The number of nitrogens with two attached hydrogens (primary N) is 1. The standard InChI is InChI=1S/C6H13N3O2S/c1-4(2)11-3-5(10)8-9-6(7)12/h4H,3H2,1-2H3,(H,8,10)(H3,7,9,12). The molecule has 0 aromatic carbocycles. The van der Waals surface area contributed by atoms with Gasteiger partial charge in [-0.2, -0.15) is 0 Å². The molecular weight excluding hydrogens is 178 g/mol. The Balaban J connectivity index is 3.40. The number of carbonyl (C=O) groups is 1. The van der Waals surface area contributed by atoms with Gasteiger partial charge in [-0.1, -0.05) is 0 Å². The second kappa shape index (κ2) is 5.73. The maximum absolute atomic E-state index is 10.8. The van der Waals surface area contributed by atoms with Crippen molar-refractivity contribution in [3.8, 4) is 0 Å². The van der Waals surface area contributed by atoms with E-state index in [1.807, 2.05) is 13.8 Å². The van der Waals surface area contributed by atoms with Crippen LogP contribution in [0.2, 0.25) is 0 Å². The summed E-state index contributed by atoms with van der Waals surface area (Å²) >= 11 is 4.46. The zero-order chi connectivity index (χ0) is 9.56. The van der Waals surface area contributed by atoms with E-state index in [0.29, 0.717) is 0 Å². The van der Waals surface area contributed by atoms with Gasteiger partial charge in [0.1, 0.15) is 6.61 Å². The molecule has 0 aliphatic heterocycles. The number of nitrogens with one attached hydrogen (secondary N) is 2. The predicted molar refractivity (Wildman–Crippen MR) is 49.2 cm³/mol. The highest BCUT2D eigenvalue weighted by atomic mass is 32.1. The molecule has 0 bridgehead atoms. The van der Waals surface area contributed by atoms with Crippen molar-refractivity contribution >= 4 is 23.2 Å². The zero-order valence-electron chi connectivity index (χ0n) is 7.09. The predicted octanol–water partition coefficient (Wildman–Crippen LogP) is -0.724. The Labute approximate surface area is 76.6 Å². The fourth-order valence-electron chi connectivity index (χ4n) is 0.410. The molecule has 0 spiro atoms. The monoisotopic (exact) mass is 191 g/mol. The Hall–Kier alpha value is -0.880. The summed E-state index contributed by atoms with van der Waals surface area (Å²) in [5.74, 6) is -0.309. The van der Waals surface area contributed by atoms with Crippen molar-refractivity contribution in [3.63, 3.8) is 0 Å². The Bertz CT molecular complexity index is 172. The van der Waals surface area contributed by atoms with E-state index in [9.17, 15) is 4.79 Å². The summed E-state index contributed by atoms with van der Waals surface area (Å²) in [6, 6.07) is 0. The number of thiocarbonyl (C=S) groups is 1. The van der Waals surface area contributed by atoms with Crippen molar-refractivity contribution in [1.29, 1.82) is 0 Å². The van der Waals surface area contributed by atoms with Gasteiger partial charge in [0.25, 0.3) is 5.91 Å². The van der Waals surface area contributed by atoms with Crippen LogP contribution in [-0.2, 0) is 9.53 Å². The van der Waals surface area contributed by atoms with E-state index in [1.165, 1.54) is 0 Å². The van der Waals surface area contributed by atoms with Crippen LogP contribution >= 0.6 is 12.2 Å². The molecule has 12 heavy (non-hydrogen) atoms. The summed E-state index contributed by atoms with van der Waals surface area (Å²) in [7, 11) is 0. The highest BCUT2D eigenvalue weighted by Gasteiger charge is 2.01.